The number of aromatic nitrogens is 1. The SMILES string of the molecule is O=C(c1cocn1)N1CC(OCc2cccc3ccccc23)C1. The molecule has 0 saturated carbocycles. The zero-order valence-corrected chi connectivity index (χ0v) is 12.5. The number of benzene rings is 2. The van der Waals surface area contributed by atoms with E-state index < -0.39 is 0 Å². The second kappa shape index (κ2) is 5.85. The van der Waals surface area contributed by atoms with Crippen LogP contribution >= 0.6 is 0 Å². The number of hydrogen-bond acceptors (Lipinski definition) is 4. The summed E-state index contributed by atoms with van der Waals surface area (Å²) in [5.74, 6) is -0.108. The van der Waals surface area contributed by atoms with Crippen LogP contribution in [-0.2, 0) is 11.3 Å². The zero-order chi connectivity index (χ0) is 15.6. The summed E-state index contributed by atoms with van der Waals surface area (Å²) in [6.07, 6.45) is 2.71. The lowest BCUT2D eigenvalue weighted by Gasteiger charge is -2.38. The summed E-state index contributed by atoms with van der Waals surface area (Å²) < 4.78 is 10.8. The van der Waals surface area contributed by atoms with Crippen LogP contribution in [0.25, 0.3) is 10.8 Å². The highest BCUT2D eigenvalue weighted by atomic mass is 16.5. The van der Waals surface area contributed by atoms with Crippen LogP contribution in [0.3, 0.4) is 0 Å². The molecule has 1 aromatic heterocycles. The molecular weight excluding hydrogens is 292 g/mol. The van der Waals surface area contributed by atoms with Crippen molar-refractivity contribution in [1.82, 2.24) is 9.88 Å². The van der Waals surface area contributed by atoms with Gasteiger partial charge in [0.1, 0.15) is 6.26 Å². The second-order valence-corrected chi connectivity index (χ2v) is 5.66. The van der Waals surface area contributed by atoms with Crippen molar-refractivity contribution in [3.05, 3.63) is 66.4 Å². The fourth-order valence-electron chi connectivity index (χ4n) is 2.82. The number of likely N-dealkylation sites (tertiary alicyclic amines) is 1. The van der Waals surface area contributed by atoms with Gasteiger partial charge in [-0.05, 0) is 16.3 Å². The van der Waals surface area contributed by atoms with Gasteiger partial charge in [0, 0.05) is 13.1 Å². The van der Waals surface area contributed by atoms with E-state index in [1.165, 1.54) is 29.0 Å². The molecule has 0 atom stereocenters. The number of oxazole rings is 1. The number of hydrogen-bond donors (Lipinski definition) is 0. The van der Waals surface area contributed by atoms with E-state index in [9.17, 15) is 4.79 Å². The third-order valence-electron chi connectivity index (χ3n) is 4.14. The monoisotopic (exact) mass is 308 g/mol. The Morgan fingerprint density at radius 2 is 2.04 bits per heavy atom. The van der Waals surface area contributed by atoms with Crippen LogP contribution in [-0.4, -0.2) is 35.0 Å². The summed E-state index contributed by atoms with van der Waals surface area (Å²) in [6.45, 7) is 1.74. The molecule has 2 heterocycles. The average molecular weight is 308 g/mol. The third kappa shape index (κ3) is 2.71. The number of carbonyl (C=O) groups is 1. The van der Waals surface area contributed by atoms with E-state index >= 15 is 0 Å². The van der Waals surface area contributed by atoms with E-state index in [1.54, 1.807) is 4.90 Å². The molecule has 0 spiro atoms. The van der Waals surface area contributed by atoms with Gasteiger partial charge in [-0.15, -0.1) is 0 Å². The van der Waals surface area contributed by atoms with Crippen LogP contribution < -0.4 is 0 Å². The van der Waals surface area contributed by atoms with Crippen molar-refractivity contribution < 1.29 is 13.9 Å². The minimum absolute atomic E-state index is 0.0739. The van der Waals surface area contributed by atoms with Gasteiger partial charge in [-0.1, -0.05) is 42.5 Å². The topological polar surface area (TPSA) is 55.6 Å². The summed E-state index contributed by atoms with van der Waals surface area (Å²) in [6, 6.07) is 14.5. The predicted molar refractivity (Wildman–Crippen MR) is 84.9 cm³/mol. The third-order valence-corrected chi connectivity index (χ3v) is 4.14. The quantitative estimate of drug-likeness (QED) is 0.743. The lowest BCUT2D eigenvalue weighted by Crippen LogP contribution is -2.54. The van der Waals surface area contributed by atoms with Crippen molar-refractivity contribution in [2.24, 2.45) is 0 Å². The lowest BCUT2D eigenvalue weighted by atomic mass is 10.1. The fraction of sp³-hybridized carbons (Fsp3) is 0.222. The van der Waals surface area contributed by atoms with Gasteiger partial charge in [0.15, 0.2) is 12.1 Å². The molecule has 1 aliphatic rings. The van der Waals surface area contributed by atoms with E-state index in [0.717, 1.165) is 0 Å². The largest absolute Gasteiger partial charge is 0.451 e. The van der Waals surface area contributed by atoms with E-state index in [0.29, 0.717) is 25.4 Å². The van der Waals surface area contributed by atoms with E-state index in [4.69, 9.17) is 9.15 Å². The Balaban J connectivity index is 1.35. The molecule has 0 bridgehead atoms. The van der Waals surface area contributed by atoms with Crippen molar-refractivity contribution in [2.75, 3.05) is 13.1 Å². The summed E-state index contributed by atoms with van der Waals surface area (Å²) in [5, 5.41) is 2.43. The van der Waals surface area contributed by atoms with Gasteiger partial charge >= 0.3 is 0 Å². The van der Waals surface area contributed by atoms with Crippen molar-refractivity contribution in [3.63, 3.8) is 0 Å². The molecule has 0 radical (unpaired) electrons. The first-order valence-electron chi connectivity index (χ1n) is 7.57. The Labute approximate surface area is 133 Å². The zero-order valence-electron chi connectivity index (χ0n) is 12.5. The molecule has 5 nitrogen and oxygen atoms in total. The van der Waals surface area contributed by atoms with Crippen molar-refractivity contribution in [2.45, 2.75) is 12.7 Å². The highest BCUT2D eigenvalue weighted by molar-refractivity contribution is 5.92. The molecule has 1 aliphatic heterocycles. The highest BCUT2D eigenvalue weighted by Gasteiger charge is 2.32. The van der Waals surface area contributed by atoms with Gasteiger partial charge in [-0.25, -0.2) is 4.98 Å². The molecular formula is C18H16N2O3. The van der Waals surface area contributed by atoms with Gasteiger partial charge in [-0.3, -0.25) is 4.79 Å². The molecule has 1 saturated heterocycles. The van der Waals surface area contributed by atoms with Crippen LogP contribution in [0.1, 0.15) is 16.1 Å². The Bertz CT molecular complexity index is 818. The predicted octanol–water partition coefficient (Wildman–Crippen LogP) is 2.87. The van der Waals surface area contributed by atoms with Crippen molar-refractivity contribution in [1.29, 1.82) is 0 Å². The molecule has 23 heavy (non-hydrogen) atoms. The first-order chi connectivity index (χ1) is 11.3. The minimum Gasteiger partial charge on any atom is -0.451 e. The maximum Gasteiger partial charge on any atom is 0.275 e. The Morgan fingerprint density at radius 3 is 2.87 bits per heavy atom. The summed E-state index contributed by atoms with van der Waals surface area (Å²) in [4.78, 5) is 17.6. The first-order valence-corrected chi connectivity index (χ1v) is 7.57. The number of fused-ring (bicyclic) bond motifs is 1. The highest BCUT2D eigenvalue weighted by Crippen LogP contribution is 2.21. The van der Waals surface area contributed by atoms with Crippen LogP contribution in [0.2, 0.25) is 0 Å². The molecule has 0 aliphatic carbocycles. The van der Waals surface area contributed by atoms with E-state index in [-0.39, 0.29) is 12.0 Å². The van der Waals surface area contributed by atoms with Crippen molar-refractivity contribution in [3.8, 4) is 0 Å². The fourth-order valence-corrected chi connectivity index (χ4v) is 2.82. The lowest BCUT2D eigenvalue weighted by molar-refractivity contribution is -0.0501. The van der Waals surface area contributed by atoms with E-state index in [2.05, 4.69) is 29.2 Å². The van der Waals surface area contributed by atoms with Crippen LogP contribution in [0.4, 0.5) is 0 Å². The molecule has 0 N–H and O–H groups in total. The number of nitrogens with zero attached hydrogens (tertiary/aromatic N) is 2. The normalized spacial score (nSPS) is 14.9. The molecule has 4 rings (SSSR count). The standard InChI is InChI=1S/C18H16N2O3/c21-18(17-11-22-12-19-17)20-8-15(9-20)23-10-14-6-3-5-13-4-1-2-7-16(13)14/h1-7,11-12,15H,8-10H2. The van der Waals surface area contributed by atoms with Crippen LogP contribution in [0, 0.1) is 0 Å². The molecule has 0 unspecified atom stereocenters. The van der Waals surface area contributed by atoms with Crippen LogP contribution in [0.5, 0.6) is 0 Å². The van der Waals surface area contributed by atoms with Gasteiger partial charge in [0.2, 0.25) is 0 Å². The van der Waals surface area contributed by atoms with Gasteiger partial charge in [0.05, 0.1) is 12.7 Å². The smallest absolute Gasteiger partial charge is 0.275 e. The summed E-state index contributed by atoms with van der Waals surface area (Å²) in [5.41, 5.74) is 1.52. The van der Waals surface area contributed by atoms with Gasteiger partial charge < -0.3 is 14.1 Å². The average Bonchev–Trinajstić information content (AvgIpc) is 3.08. The molecule has 1 fully saturated rings. The number of ether oxygens (including phenoxy) is 1. The summed E-state index contributed by atoms with van der Waals surface area (Å²) in [7, 11) is 0. The minimum atomic E-state index is -0.108. The van der Waals surface area contributed by atoms with E-state index in [1.807, 2.05) is 18.2 Å². The molecule has 3 aromatic rings. The van der Waals surface area contributed by atoms with Gasteiger partial charge in [0.25, 0.3) is 5.91 Å². The second-order valence-electron chi connectivity index (χ2n) is 5.66. The Kier molecular flexibility index (Phi) is 3.55. The van der Waals surface area contributed by atoms with Crippen LogP contribution in [0.15, 0.2) is 59.5 Å². The summed E-state index contributed by atoms with van der Waals surface area (Å²) >= 11 is 0. The van der Waals surface area contributed by atoms with Gasteiger partial charge in [-0.2, -0.15) is 0 Å². The molecule has 2 aromatic carbocycles. The first kappa shape index (κ1) is 14.0. The Hall–Kier alpha value is -2.66. The number of rotatable bonds is 4. The maximum absolute atomic E-state index is 12.0. The van der Waals surface area contributed by atoms with Crippen molar-refractivity contribution >= 4 is 16.7 Å². The molecule has 5 heteroatoms. The molecule has 116 valence electrons. The number of amides is 1. The number of carbonyl (C=O) groups excluding carboxylic acids is 1. The Morgan fingerprint density at radius 1 is 1.22 bits per heavy atom. The maximum atomic E-state index is 12.0. The molecule has 1 amide bonds.